The molecule has 1 aliphatic rings. The summed E-state index contributed by atoms with van der Waals surface area (Å²) in [5.41, 5.74) is 0. The summed E-state index contributed by atoms with van der Waals surface area (Å²) in [7, 11) is -11.1. The predicted molar refractivity (Wildman–Crippen MR) is 253 cm³/mol. The summed E-state index contributed by atoms with van der Waals surface area (Å²) in [5, 5.41) is 41.3. The summed E-state index contributed by atoms with van der Waals surface area (Å²) in [6.07, 6.45) is 25.8. The Balaban J connectivity index is 0. The number of rotatable bonds is 39. The summed E-state index contributed by atoms with van der Waals surface area (Å²) in [6.45, 7) is 2.95. The molecule has 1 aliphatic carbocycles. The van der Waals surface area contributed by atoms with Crippen LogP contribution in [-0.2, 0) is 41.8 Å². The van der Waals surface area contributed by atoms with Gasteiger partial charge < -0.3 is 70.5 Å². The summed E-state index contributed by atoms with van der Waals surface area (Å²) in [4.78, 5) is 58.3. The third kappa shape index (κ3) is 34.2. The molecule has 0 aromatic carbocycles. The van der Waals surface area contributed by atoms with E-state index in [1.54, 1.807) is 0 Å². The van der Waals surface area contributed by atoms with E-state index >= 15 is 0 Å². The van der Waals surface area contributed by atoms with Gasteiger partial charge in [-0.1, -0.05) is 159 Å². The molecule has 66 heavy (non-hydrogen) atoms. The van der Waals surface area contributed by atoms with Crippen molar-refractivity contribution in [2.75, 3.05) is 13.2 Å². The fourth-order valence-electron chi connectivity index (χ4n) is 6.95. The number of esters is 2. The smallest absolute Gasteiger partial charge is 0.306 e. The van der Waals surface area contributed by atoms with Crippen molar-refractivity contribution in [3.8, 4) is 0 Å². The molecule has 20 heteroatoms. The third-order valence-electron chi connectivity index (χ3n) is 10.6. The lowest BCUT2D eigenvalue weighted by atomic mass is 9.85. The quantitative estimate of drug-likeness (QED) is 0.0132. The summed E-state index contributed by atoms with van der Waals surface area (Å²) >= 11 is 0. The van der Waals surface area contributed by atoms with Gasteiger partial charge in [-0.2, -0.15) is 0 Å². The highest BCUT2D eigenvalue weighted by Gasteiger charge is 2.52. The first kappa shape index (κ1) is 66.0. The van der Waals surface area contributed by atoms with E-state index in [0.717, 1.165) is 51.4 Å². The second kappa shape index (κ2) is 40.7. The average molecular weight is 987 g/mol. The molecule has 0 radical (unpaired) electrons. The Hall–Kier alpha value is -2.12. The van der Waals surface area contributed by atoms with Crippen molar-refractivity contribution >= 4 is 27.6 Å². The Labute approximate surface area is 394 Å². The number of aliphatic hydroxyl groups excluding tert-OH is 4. The number of hydrogen-bond donors (Lipinski definition) is 7. The lowest BCUT2D eigenvalue weighted by molar-refractivity contribution is -0.271. The number of phosphoric ester groups is 2. The molecule has 0 aromatic heterocycles. The van der Waals surface area contributed by atoms with Crippen molar-refractivity contribution in [2.45, 2.75) is 217 Å². The van der Waals surface area contributed by atoms with E-state index in [1.807, 2.05) is 12.2 Å². The first-order chi connectivity index (χ1) is 30.6. The van der Waals surface area contributed by atoms with Gasteiger partial charge in [0, 0.05) is 12.8 Å². The van der Waals surface area contributed by atoms with Crippen LogP contribution in [0.4, 0.5) is 0 Å². The number of quaternary nitrogens is 2. The molecular formula is C46H88N2O16P2. The van der Waals surface area contributed by atoms with Gasteiger partial charge in [-0.05, 0) is 51.4 Å². The number of carbonyl (C=O) groups excluding carboxylic acids is 2. The lowest BCUT2D eigenvalue weighted by Gasteiger charge is -2.45. The van der Waals surface area contributed by atoms with Gasteiger partial charge in [-0.3, -0.25) is 18.7 Å². The molecule has 9 atom stereocenters. The van der Waals surface area contributed by atoms with E-state index in [-0.39, 0.29) is 25.1 Å². The van der Waals surface area contributed by atoms with Crippen LogP contribution < -0.4 is 22.1 Å². The van der Waals surface area contributed by atoms with Crippen molar-refractivity contribution < 1.29 is 76.9 Å². The fourth-order valence-corrected chi connectivity index (χ4v) is 8.46. The van der Waals surface area contributed by atoms with Crippen LogP contribution in [-0.4, -0.2) is 93.2 Å². The van der Waals surface area contributed by atoms with Gasteiger partial charge in [0.1, 0.15) is 43.2 Å². The van der Waals surface area contributed by atoms with Crippen LogP contribution in [0, 0.1) is 0 Å². The standard InChI is InChI=1S/C46H82O16P2.2H3N/c1-3-5-7-9-11-13-15-17-19-20-21-23-25-27-29-31-33-35-40(48)60-38(36-58-39(47)34-32-30-28-26-24-22-18-16-14-12-10-8-6-4-2)37-59-64(56,57)62-46-43(51)41(49)45(42(50)44(46)52)61-63(53,54)55;;/h11,13,17,19,21,23,27,29,38,41-46,49-52H,3-10,12,14-16,18,20,22,24-26,28,30-37H2,1-2H3,(H,56,57)(H2,53,54,55);2*1H3/b13-11-,19-17-,23-21-,29-27-;;/t38-,41+,42?,43?,44?,45?,46?;;/m1../s1. The Morgan fingerprint density at radius 1 is 0.530 bits per heavy atom. The van der Waals surface area contributed by atoms with Crippen LogP contribution in [0.15, 0.2) is 48.6 Å². The molecule has 1 rings (SSSR count). The fraction of sp³-hybridized carbons (Fsp3) is 0.783. The molecule has 0 aliphatic heterocycles. The maximum absolute atomic E-state index is 12.8. The maximum Gasteiger partial charge on any atom is 0.306 e. The van der Waals surface area contributed by atoms with Crippen LogP contribution in [0.1, 0.15) is 174 Å². The van der Waals surface area contributed by atoms with Gasteiger partial charge in [0.2, 0.25) is 0 Å². The normalized spacial score (nSPS) is 22.3. The Kier molecular flexibility index (Phi) is 40.7. The molecule has 1 fully saturated rings. The van der Waals surface area contributed by atoms with E-state index in [2.05, 4.69) is 54.8 Å². The lowest BCUT2D eigenvalue weighted by Crippen LogP contribution is -2.64. The second-order valence-corrected chi connectivity index (χ2v) is 18.9. The van der Waals surface area contributed by atoms with E-state index in [9.17, 15) is 48.9 Å². The van der Waals surface area contributed by atoms with Gasteiger partial charge in [0.15, 0.2) is 6.10 Å². The minimum atomic E-state index is -5.58. The van der Waals surface area contributed by atoms with Gasteiger partial charge in [0.25, 0.3) is 15.6 Å². The molecule has 388 valence electrons. The Morgan fingerprint density at radius 2 is 0.909 bits per heavy atom. The Bertz CT molecular complexity index is 1430. The van der Waals surface area contributed by atoms with Crippen LogP contribution >= 0.6 is 15.6 Å². The molecule has 7 unspecified atom stereocenters. The van der Waals surface area contributed by atoms with E-state index in [0.29, 0.717) is 19.3 Å². The SMILES string of the molecule is CCCCC/C=C\C/C=C\C/C=C\C/C=C\CCCC(=O)O[C@H](COC(=O)CCCCCCCCCCCCCCCC)COP(=O)([O-])OC1C(O)C(O)C(OP(=O)([O-])O)[C@@H](O)C1O.[NH4+].[NH4+]. The molecule has 0 amide bonds. The minimum absolute atomic E-state index is 0. The molecule has 0 bridgehead atoms. The van der Waals surface area contributed by atoms with Crippen molar-refractivity contribution in [1.29, 1.82) is 0 Å². The third-order valence-corrected chi connectivity index (χ3v) is 12.1. The highest BCUT2D eigenvalue weighted by atomic mass is 31.2. The summed E-state index contributed by atoms with van der Waals surface area (Å²) < 4.78 is 48.4. The van der Waals surface area contributed by atoms with Gasteiger partial charge in [0.05, 0.1) is 6.61 Å². The van der Waals surface area contributed by atoms with Gasteiger partial charge in [-0.15, -0.1) is 0 Å². The van der Waals surface area contributed by atoms with E-state index < -0.39 is 83.5 Å². The Morgan fingerprint density at radius 3 is 1.36 bits per heavy atom. The van der Waals surface area contributed by atoms with Crippen molar-refractivity contribution in [3.63, 3.8) is 0 Å². The zero-order valence-corrected chi connectivity index (χ0v) is 42.2. The molecule has 18 nitrogen and oxygen atoms in total. The highest BCUT2D eigenvalue weighted by molar-refractivity contribution is 7.46. The number of unbranched alkanes of at least 4 members (excludes halogenated alkanes) is 17. The number of aliphatic hydroxyl groups is 4. The number of allylic oxidation sites excluding steroid dienone is 8. The van der Waals surface area contributed by atoms with Crippen LogP contribution in [0.3, 0.4) is 0 Å². The number of phosphoric acid groups is 2. The number of hydrogen-bond acceptors (Lipinski definition) is 15. The second-order valence-electron chi connectivity index (χ2n) is 16.4. The van der Waals surface area contributed by atoms with Crippen LogP contribution in [0.5, 0.6) is 0 Å². The molecule has 0 heterocycles. The molecule has 1 saturated carbocycles. The van der Waals surface area contributed by atoms with Crippen LogP contribution in [0.25, 0.3) is 0 Å². The minimum Gasteiger partial charge on any atom is -0.756 e. The molecule has 13 N–H and O–H groups in total. The van der Waals surface area contributed by atoms with Crippen LogP contribution in [0.2, 0.25) is 0 Å². The van der Waals surface area contributed by atoms with Gasteiger partial charge in [-0.25, -0.2) is 0 Å². The first-order valence-corrected chi connectivity index (χ1v) is 26.6. The van der Waals surface area contributed by atoms with Crippen molar-refractivity contribution in [3.05, 3.63) is 48.6 Å². The number of ether oxygens (including phenoxy) is 2. The van der Waals surface area contributed by atoms with Crippen molar-refractivity contribution in [1.82, 2.24) is 12.3 Å². The number of carbonyl (C=O) groups is 2. The molecule has 0 spiro atoms. The molecule has 0 saturated heterocycles. The zero-order valence-electron chi connectivity index (χ0n) is 40.4. The van der Waals surface area contributed by atoms with E-state index in [4.69, 9.17) is 23.4 Å². The molecule has 0 aromatic rings. The largest absolute Gasteiger partial charge is 0.756 e. The maximum atomic E-state index is 12.8. The zero-order chi connectivity index (χ0) is 47.5. The predicted octanol–water partition coefficient (Wildman–Crippen LogP) is 8.38. The highest BCUT2D eigenvalue weighted by Crippen LogP contribution is 2.45. The molecular weight excluding hydrogens is 898 g/mol. The first-order valence-electron chi connectivity index (χ1n) is 23.6. The topological polar surface area (TPSA) is 335 Å². The van der Waals surface area contributed by atoms with Crippen molar-refractivity contribution in [2.24, 2.45) is 0 Å². The van der Waals surface area contributed by atoms with E-state index in [1.165, 1.54) is 77.0 Å². The summed E-state index contributed by atoms with van der Waals surface area (Å²) in [6, 6.07) is 0. The van der Waals surface area contributed by atoms with Gasteiger partial charge >= 0.3 is 11.9 Å². The summed E-state index contributed by atoms with van der Waals surface area (Å²) in [5.74, 6) is -1.30. The average Bonchev–Trinajstić information content (AvgIpc) is 3.25. The monoisotopic (exact) mass is 987 g/mol.